The van der Waals surface area contributed by atoms with E-state index in [4.69, 9.17) is 4.74 Å². The van der Waals surface area contributed by atoms with Gasteiger partial charge in [0.15, 0.2) is 0 Å². The number of halogens is 3. The van der Waals surface area contributed by atoms with Crippen molar-refractivity contribution >= 4 is 27.8 Å². The Hall–Kier alpha value is -1.50. The zero-order valence-corrected chi connectivity index (χ0v) is 13.5. The van der Waals surface area contributed by atoms with Gasteiger partial charge in [-0.3, -0.25) is 9.59 Å². The minimum absolute atomic E-state index is 0.167. The van der Waals surface area contributed by atoms with Gasteiger partial charge in [0.2, 0.25) is 0 Å². The van der Waals surface area contributed by atoms with Crippen LogP contribution in [0.25, 0.3) is 0 Å². The lowest BCUT2D eigenvalue weighted by Gasteiger charge is -2.26. The number of carbonyl (C=O) groups is 2. The molecule has 0 bridgehead atoms. The van der Waals surface area contributed by atoms with Crippen LogP contribution in [0.5, 0.6) is 0 Å². The standard InChI is InChI=1S/C14H16BrF2NO3/c1-4-21-12(19)7-18(8(2)3)14(20)13-10(16)5-9(15)6-11(13)17/h5-6,8H,4,7H2,1-3H3. The van der Waals surface area contributed by atoms with E-state index < -0.39 is 35.1 Å². The highest BCUT2D eigenvalue weighted by Crippen LogP contribution is 2.21. The summed E-state index contributed by atoms with van der Waals surface area (Å²) >= 11 is 2.94. The van der Waals surface area contributed by atoms with Crippen LogP contribution in [0.1, 0.15) is 31.1 Å². The van der Waals surface area contributed by atoms with E-state index in [1.54, 1.807) is 20.8 Å². The van der Waals surface area contributed by atoms with Gasteiger partial charge in [0, 0.05) is 10.5 Å². The van der Waals surface area contributed by atoms with Gasteiger partial charge < -0.3 is 9.64 Å². The van der Waals surface area contributed by atoms with E-state index in [9.17, 15) is 18.4 Å². The summed E-state index contributed by atoms with van der Waals surface area (Å²) in [6.07, 6.45) is 0. The Morgan fingerprint density at radius 1 is 1.29 bits per heavy atom. The molecule has 0 unspecified atom stereocenters. The third kappa shape index (κ3) is 4.49. The molecule has 0 saturated heterocycles. The predicted molar refractivity (Wildman–Crippen MR) is 76.9 cm³/mol. The summed E-state index contributed by atoms with van der Waals surface area (Å²) in [5.41, 5.74) is -0.684. The van der Waals surface area contributed by atoms with Gasteiger partial charge in [0.05, 0.1) is 6.61 Å². The zero-order chi connectivity index (χ0) is 16.2. The van der Waals surface area contributed by atoms with Gasteiger partial charge in [-0.2, -0.15) is 0 Å². The molecule has 21 heavy (non-hydrogen) atoms. The molecule has 1 aromatic carbocycles. The van der Waals surface area contributed by atoms with Crippen molar-refractivity contribution in [3.8, 4) is 0 Å². The lowest BCUT2D eigenvalue weighted by atomic mass is 10.1. The van der Waals surface area contributed by atoms with E-state index in [1.165, 1.54) is 0 Å². The number of rotatable bonds is 5. The Balaban J connectivity index is 3.10. The van der Waals surface area contributed by atoms with E-state index in [0.29, 0.717) is 0 Å². The maximum atomic E-state index is 13.8. The van der Waals surface area contributed by atoms with Gasteiger partial charge >= 0.3 is 5.97 Å². The fraction of sp³-hybridized carbons (Fsp3) is 0.429. The molecular formula is C14H16BrF2NO3. The first-order valence-electron chi connectivity index (χ1n) is 6.39. The quantitative estimate of drug-likeness (QED) is 0.755. The molecule has 0 atom stereocenters. The second kappa shape index (κ2) is 7.49. The maximum absolute atomic E-state index is 13.8. The largest absolute Gasteiger partial charge is 0.465 e. The van der Waals surface area contributed by atoms with Gasteiger partial charge in [-0.15, -0.1) is 0 Å². The monoisotopic (exact) mass is 363 g/mol. The van der Waals surface area contributed by atoms with Crippen molar-refractivity contribution in [2.24, 2.45) is 0 Å². The van der Waals surface area contributed by atoms with Crippen LogP contribution in [0.15, 0.2) is 16.6 Å². The predicted octanol–water partition coefficient (Wildman–Crippen LogP) is 3.14. The van der Waals surface area contributed by atoms with Crippen LogP contribution in [0, 0.1) is 11.6 Å². The number of amides is 1. The van der Waals surface area contributed by atoms with E-state index in [2.05, 4.69) is 15.9 Å². The van der Waals surface area contributed by atoms with Crippen LogP contribution >= 0.6 is 15.9 Å². The summed E-state index contributed by atoms with van der Waals surface area (Å²) in [6.45, 7) is 4.73. The number of carbonyl (C=O) groups excluding carboxylic acids is 2. The molecule has 0 aliphatic heterocycles. The van der Waals surface area contributed by atoms with E-state index in [-0.39, 0.29) is 17.6 Å². The molecule has 0 N–H and O–H groups in total. The summed E-state index contributed by atoms with van der Waals surface area (Å²) in [7, 11) is 0. The molecule has 4 nitrogen and oxygen atoms in total. The number of hydrogen-bond acceptors (Lipinski definition) is 3. The summed E-state index contributed by atoms with van der Waals surface area (Å²) in [6, 6.07) is 1.59. The van der Waals surface area contributed by atoms with Crippen LogP contribution in [0.3, 0.4) is 0 Å². The lowest BCUT2D eigenvalue weighted by Crippen LogP contribution is -2.42. The second-order valence-corrected chi connectivity index (χ2v) is 5.49. The molecule has 1 amide bonds. The highest BCUT2D eigenvalue weighted by Gasteiger charge is 2.27. The van der Waals surface area contributed by atoms with Crippen LogP contribution in [0.4, 0.5) is 8.78 Å². The molecule has 0 aliphatic rings. The van der Waals surface area contributed by atoms with Crippen LogP contribution in [0.2, 0.25) is 0 Å². The van der Waals surface area contributed by atoms with Crippen LogP contribution in [-0.2, 0) is 9.53 Å². The van der Waals surface area contributed by atoms with Gasteiger partial charge in [-0.25, -0.2) is 8.78 Å². The highest BCUT2D eigenvalue weighted by atomic mass is 79.9. The van der Waals surface area contributed by atoms with Crippen molar-refractivity contribution in [3.05, 3.63) is 33.8 Å². The van der Waals surface area contributed by atoms with E-state index in [1.807, 2.05) is 0 Å². The van der Waals surface area contributed by atoms with Crippen molar-refractivity contribution in [1.82, 2.24) is 4.90 Å². The molecule has 116 valence electrons. The van der Waals surface area contributed by atoms with Gasteiger partial charge in [-0.05, 0) is 32.9 Å². The minimum Gasteiger partial charge on any atom is -0.465 e. The van der Waals surface area contributed by atoms with Crippen LogP contribution in [-0.4, -0.2) is 36.0 Å². The Morgan fingerprint density at radius 2 is 1.81 bits per heavy atom. The number of hydrogen-bond donors (Lipinski definition) is 0. The summed E-state index contributed by atoms with van der Waals surface area (Å²) in [5.74, 6) is -3.49. The third-order valence-corrected chi connectivity index (χ3v) is 3.17. The summed E-state index contributed by atoms with van der Waals surface area (Å²) < 4.78 is 32.6. The van der Waals surface area contributed by atoms with Gasteiger partial charge in [-0.1, -0.05) is 15.9 Å². The normalized spacial score (nSPS) is 10.6. The Bertz CT molecular complexity index is 526. The van der Waals surface area contributed by atoms with Crippen molar-refractivity contribution in [1.29, 1.82) is 0 Å². The molecular weight excluding hydrogens is 348 g/mol. The Labute approximate surface area is 130 Å². The Kier molecular flexibility index (Phi) is 6.26. The maximum Gasteiger partial charge on any atom is 0.325 e. The first-order chi connectivity index (χ1) is 9.77. The molecule has 1 rings (SSSR count). The van der Waals surface area contributed by atoms with Crippen molar-refractivity contribution < 1.29 is 23.1 Å². The van der Waals surface area contributed by atoms with Gasteiger partial charge in [0.1, 0.15) is 23.7 Å². The molecule has 7 heteroatoms. The SMILES string of the molecule is CCOC(=O)CN(C(=O)c1c(F)cc(Br)cc1F)C(C)C. The fourth-order valence-corrected chi connectivity index (χ4v) is 2.13. The molecule has 0 aromatic heterocycles. The number of ether oxygens (including phenoxy) is 1. The molecule has 0 heterocycles. The van der Waals surface area contributed by atoms with E-state index >= 15 is 0 Å². The summed E-state index contributed by atoms with van der Waals surface area (Å²) in [5, 5.41) is 0. The number of benzene rings is 1. The van der Waals surface area contributed by atoms with Crippen molar-refractivity contribution in [2.45, 2.75) is 26.8 Å². The molecule has 0 radical (unpaired) electrons. The van der Waals surface area contributed by atoms with Crippen molar-refractivity contribution in [2.75, 3.05) is 13.2 Å². The van der Waals surface area contributed by atoms with Crippen LogP contribution < -0.4 is 0 Å². The average molecular weight is 364 g/mol. The van der Waals surface area contributed by atoms with E-state index in [0.717, 1.165) is 17.0 Å². The first-order valence-corrected chi connectivity index (χ1v) is 7.18. The average Bonchev–Trinajstić information content (AvgIpc) is 2.34. The second-order valence-electron chi connectivity index (χ2n) is 4.58. The van der Waals surface area contributed by atoms with Crippen molar-refractivity contribution in [3.63, 3.8) is 0 Å². The molecule has 1 aromatic rings. The molecule has 0 spiro atoms. The molecule has 0 aliphatic carbocycles. The number of nitrogens with zero attached hydrogens (tertiary/aromatic N) is 1. The zero-order valence-electron chi connectivity index (χ0n) is 12.0. The summed E-state index contributed by atoms with van der Waals surface area (Å²) in [4.78, 5) is 24.9. The highest BCUT2D eigenvalue weighted by molar-refractivity contribution is 9.10. The number of esters is 1. The smallest absolute Gasteiger partial charge is 0.325 e. The Morgan fingerprint density at radius 3 is 2.24 bits per heavy atom. The lowest BCUT2D eigenvalue weighted by molar-refractivity contribution is -0.144. The van der Waals surface area contributed by atoms with Gasteiger partial charge in [0.25, 0.3) is 5.91 Å². The topological polar surface area (TPSA) is 46.6 Å². The third-order valence-electron chi connectivity index (χ3n) is 2.71. The molecule has 0 saturated carbocycles. The fourth-order valence-electron chi connectivity index (χ4n) is 1.72. The minimum atomic E-state index is -0.985. The molecule has 0 fully saturated rings. The first kappa shape index (κ1) is 17.6.